The molecule has 0 saturated heterocycles. The van der Waals surface area contributed by atoms with E-state index in [-0.39, 0.29) is 5.41 Å². The summed E-state index contributed by atoms with van der Waals surface area (Å²) in [5.74, 6) is 0. The van der Waals surface area contributed by atoms with Gasteiger partial charge in [0.1, 0.15) is 8.24 Å². The molecule has 1 N–H and O–H groups in total. The molecule has 3 heteroatoms. The van der Waals surface area contributed by atoms with Crippen LogP contribution in [0.5, 0.6) is 0 Å². The van der Waals surface area contributed by atoms with Crippen molar-refractivity contribution in [2.24, 2.45) is 5.41 Å². The molecular formula is C17H39NSi2. The van der Waals surface area contributed by atoms with Crippen LogP contribution in [-0.2, 0) is 0 Å². The molecule has 0 aliphatic carbocycles. The molecule has 0 aliphatic heterocycles. The molecule has 0 saturated carbocycles. The maximum Gasteiger partial charge on any atom is 0.143 e. The quantitative estimate of drug-likeness (QED) is 0.548. The largest absolute Gasteiger partial charge is 0.414 e. The molecule has 0 aromatic carbocycles. The molecule has 0 rings (SSSR count). The van der Waals surface area contributed by atoms with E-state index in [2.05, 4.69) is 78.0 Å². The van der Waals surface area contributed by atoms with Crippen LogP contribution in [0.4, 0.5) is 0 Å². The van der Waals surface area contributed by atoms with Gasteiger partial charge in [-0.25, -0.2) is 0 Å². The van der Waals surface area contributed by atoms with Crippen molar-refractivity contribution in [2.75, 3.05) is 0 Å². The Kier molecular flexibility index (Phi) is 7.29. The van der Waals surface area contributed by atoms with E-state index in [1.54, 1.807) is 0 Å². The highest BCUT2D eigenvalue weighted by Crippen LogP contribution is 2.34. The Morgan fingerprint density at radius 3 is 1.85 bits per heavy atom. The summed E-state index contributed by atoms with van der Waals surface area (Å²) in [6.45, 7) is 24.0. The Balaban J connectivity index is 5.37. The summed E-state index contributed by atoms with van der Waals surface area (Å²) in [5.41, 5.74) is 2.51. The Hall–Kier alpha value is -0.0262. The van der Waals surface area contributed by atoms with Crippen molar-refractivity contribution in [2.45, 2.75) is 91.8 Å². The van der Waals surface area contributed by atoms with Crippen LogP contribution in [0.3, 0.4) is 0 Å². The van der Waals surface area contributed by atoms with E-state index in [4.69, 9.17) is 0 Å². The number of nitrogens with one attached hydrogen (secondary N) is 1. The second-order valence-electron chi connectivity index (χ2n) is 9.32. The van der Waals surface area contributed by atoms with Crippen LogP contribution in [0.15, 0.2) is 11.8 Å². The van der Waals surface area contributed by atoms with Crippen LogP contribution < -0.4 is 4.98 Å². The molecule has 0 heterocycles. The molecular weight excluding hydrogens is 274 g/mol. The topological polar surface area (TPSA) is 12.0 Å². The van der Waals surface area contributed by atoms with Gasteiger partial charge in [0.05, 0.1) is 8.07 Å². The first kappa shape index (κ1) is 20.0. The Labute approximate surface area is 130 Å². The lowest BCUT2D eigenvalue weighted by Crippen LogP contribution is -2.44. The number of hydrogen-bond donors (Lipinski definition) is 1. The van der Waals surface area contributed by atoms with Crippen molar-refractivity contribution in [1.29, 1.82) is 0 Å². The van der Waals surface area contributed by atoms with Crippen molar-refractivity contribution in [1.82, 2.24) is 4.98 Å². The lowest BCUT2D eigenvalue weighted by atomic mass is 9.91. The van der Waals surface area contributed by atoms with Gasteiger partial charge < -0.3 is 4.98 Å². The predicted octanol–water partition coefficient (Wildman–Crippen LogP) is 6.24. The smallest absolute Gasteiger partial charge is 0.143 e. The first-order chi connectivity index (χ1) is 8.77. The molecule has 0 aliphatic rings. The van der Waals surface area contributed by atoms with E-state index in [0.717, 1.165) is 5.54 Å². The standard InChI is InChI=1S/C17H39NSi2/c1-11-12-13-15(19(5,6)7)14-16(17(2,3)4)18-20(8,9)10/h14-15,18H,11-13H2,1-10H3/b16-14+. The van der Waals surface area contributed by atoms with E-state index in [0.29, 0.717) is 0 Å². The van der Waals surface area contributed by atoms with Gasteiger partial charge in [0.25, 0.3) is 0 Å². The highest BCUT2D eigenvalue weighted by molar-refractivity contribution is 6.78. The van der Waals surface area contributed by atoms with Crippen LogP contribution in [0.25, 0.3) is 0 Å². The highest BCUT2D eigenvalue weighted by atomic mass is 28.3. The summed E-state index contributed by atoms with van der Waals surface area (Å²) < 4.78 is 0. The minimum absolute atomic E-state index is 0.227. The van der Waals surface area contributed by atoms with E-state index in [1.165, 1.54) is 25.0 Å². The van der Waals surface area contributed by atoms with Gasteiger partial charge in [-0.15, -0.1) is 0 Å². The molecule has 1 unspecified atom stereocenters. The first-order valence-corrected chi connectivity index (χ1v) is 15.4. The number of allylic oxidation sites excluding steroid dienone is 2. The zero-order valence-electron chi connectivity index (χ0n) is 15.8. The second kappa shape index (κ2) is 7.30. The maximum absolute atomic E-state index is 3.90. The third-order valence-electron chi connectivity index (χ3n) is 3.67. The molecule has 0 bridgehead atoms. The van der Waals surface area contributed by atoms with Crippen molar-refractivity contribution >= 4 is 16.3 Å². The number of hydrogen-bond acceptors (Lipinski definition) is 1. The maximum atomic E-state index is 3.90. The van der Waals surface area contributed by atoms with Gasteiger partial charge in [0, 0.05) is 11.1 Å². The van der Waals surface area contributed by atoms with Gasteiger partial charge in [0.2, 0.25) is 0 Å². The van der Waals surface area contributed by atoms with Crippen LogP contribution >= 0.6 is 0 Å². The summed E-state index contributed by atoms with van der Waals surface area (Å²) in [5, 5.41) is 0. The average Bonchev–Trinajstić information content (AvgIpc) is 2.17. The Morgan fingerprint density at radius 2 is 1.55 bits per heavy atom. The second-order valence-corrected chi connectivity index (χ2v) is 19.5. The molecule has 1 atom stereocenters. The summed E-state index contributed by atoms with van der Waals surface area (Å²) in [6.07, 6.45) is 6.64. The average molecular weight is 314 g/mol. The third kappa shape index (κ3) is 8.30. The summed E-state index contributed by atoms with van der Waals surface area (Å²) in [4.78, 5) is 3.90. The molecule has 0 radical (unpaired) electrons. The minimum atomic E-state index is -1.29. The summed E-state index contributed by atoms with van der Waals surface area (Å²) in [6, 6.07) is 0. The van der Waals surface area contributed by atoms with Gasteiger partial charge in [-0.3, -0.25) is 0 Å². The van der Waals surface area contributed by atoms with Crippen molar-refractivity contribution in [3.63, 3.8) is 0 Å². The molecule has 1 nitrogen and oxygen atoms in total. The molecule has 20 heavy (non-hydrogen) atoms. The molecule has 0 spiro atoms. The Bertz CT molecular complexity index is 313. The van der Waals surface area contributed by atoms with Crippen LogP contribution in [-0.4, -0.2) is 16.3 Å². The fraction of sp³-hybridized carbons (Fsp3) is 0.882. The molecule has 0 amide bonds. The van der Waals surface area contributed by atoms with Crippen LogP contribution in [0, 0.1) is 5.41 Å². The van der Waals surface area contributed by atoms with E-state index >= 15 is 0 Å². The summed E-state index contributed by atoms with van der Waals surface area (Å²) >= 11 is 0. The number of rotatable bonds is 7. The lowest BCUT2D eigenvalue weighted by Gasteiger charge is -2.35. The van der Waals surface area contributed by atoms with Crippen molar-refractivity contribution in [3.05, 3.63) is 11.8 Å². The van der Waals surface area contributed by atoms with Crippen LogP contribution in [0.1, 0.15) is 47.0 Å². The first-order valence-electron chi connectivity index (χ1n) is 8.28. The lowest BCUT2D eigenvalue weighted by molar-refractivity contribution is 0.479. The normalized spacial score (nSPS) is 16.2. The molecule has 0 aromatic heterocycles. The fourth-order valence-corrected chi connectivity index (χ4v) is 5.28. The Morgan fingerprint density at radius 1 is 1.05 bits per heavy atom. The van der Waals surface area contributed by atoms with Gasteiger partial charge in [-0.1, -0.05) is 85.9 Å². The molecule has 0 aromatic rings. The zero-order chi connectivity index (χ0) is 16.2. The molecule has 0 fully saturated rings. The van der Waals surface area contributed by atoms with Gasteiger partial charge in [-0.05, 0) is 12.0 Å². The number of unbranched alkanes of at least 4 members (excludes halogenated alkanes) is 1. The van der Waals surface area contributed by atoms with E-state index in [1.807, 2.05) is 0 Å². The minimum Gasteiger partial charge on any atom is -0.414 e. The summed E-state index contributed by atoms with van der Waals surface area (Å²) in [7, 11) is -2.43. The molecule has 120 valence electrons. The van der Waals surface area contributed by atoms with Crippen molar-refractivity contribution in [3.8, 4) is 0 Å². The van der Waals surface area contributed by atoms with Gasteiger partial charge in [0.15, 0.2) is 0 Å². The van der Waals surface area contributed by atoms with Crippen LogP contribution in [0.2, 0.25) is 44.8 Å². The third-order valence-corrected chi connectivity index (χ3v) is 7.37. The predicted molar refractivity (Wildman–Crippen MR) is 101 cm³/mol. The fourth-order valence-electron chi connectivity index (χ4n) is 2.27. The van der Waals surface area contributed by atoms with E-state index < -0.39 is 16.3 Å². The zero-order valence-corrected chi connectivity index (χ0v) is 17.8. The van der Waals surface area contributed by atoms with Crippen molar-refractivity contribution < 1.29 is 0 Å². The SMILES string of the molecule is CCCCC(/C=C(/N[Si](C)(C)C)C(C)(C)C)[Si](C)(C)C. The van der Waals surface area contributed by atoms with Gasteiger partial charge in [-0.2, -0.15) is 0 Å². The van der Waals surface area contributed by atoms with Gasteiger partial charge >= 0.3 is 0 Å². The highest BCUT2D eigenvalue weighted by Gasteiger charge is 2.29. The monoisotopic (exact) mass is 313 g/mol. The van der Waals surface area contributed by atoms with E-state index in [9.17, 15) is 0 Å².